The van der Waals surface area contributed by atoms with Crippen molar-refractivity contribution in [1.82, 2.24) is 0 Å². The maximum atomic E-state index is 10.1. The Morgan fingerprint density at radius 1 is 0.465 bits per heavy atom. The van der Waals surface area contributed by atoms with Crippen molar-refractivity contribution < 1.29 is 142 Å². The summed E-state index contributed by atoms with van der Waals surface area (Å²) < 4.78 is 77.5. The molecule has 0 aromatic heterocycles. The van der Waals surface area contributed by atoms with Gasteiger partial charge in [0.2, 0.25) is 20.8 Å². The van der Waals surface area contributed by atoms with Gasteiger partial charge in [-0.25, -0.2) is 16.8 Å². The molecule has 0 heterocycles. The van der Waals surface area contributed by atoms with Gasteiger partial charge in [0.1, 0.15) is 0 Å². The summed E-state index contributed by atoms with van der Waals surface area (Å²) in [6.45, 7) is 4.49. The monoisotopic (exact) mass is 734 g/mol. The van der Waals surface area contributed by atoms with Crippen LogP contribution in [-0.2, 0) is 33.7 Å². The van der Waals surface area contributed by atoms with E-state index in [1.807, 2.05) is 0 Å². The fourth-order valence-corrected chi connectivity index (χ4v) is 4.14. The van der Waals surface area contributed by atoms with Crippen molar-refractivity contribution in [2.75, 3.05) is 13.2 Å². The second-order valence-corrected chi connectivity index (χ2v) is 12.3. The van der Waals surface area contributed by atoms with Crippen LogP contribution in [0, 0.1) is 0 Å². The van der Waals surface area contributed by atoms with E-state index in [4.69, 9.17) is 19.2 Å². The quantitative estimate of drug-likeness (QED) is 0.0298. The third kappa shape index (κ3) is 87.0. The minimum atomic E-state index is -5.39. The van der Waals surface area contributed by atoms with Gasteiger partial charge in [0.15, 0.2) is 0 Å². The van der Waals surface area contributed by atoms with E-state index in [9.17, 15) is 25.9 Å². The van der Waals surface area contributed by atoms with Crippen molar-refractivity contribution >= 4 is 66.4 Å². The van der Waals surface area contributed by atoms with E-state index >= 15 is 0 Å². The van der Waals surface area contributed by atoms with Gasteiger partial charge in [-0.2, -0.15) is 7.82 Å². The summed E-state index contributed by atoms with van der Waals surface area (Å²) in [5.41, 5.74) is 0. The van der Waals surface area contributed by atoms with Gasteiger partial charge in [-0.15, -0.1) is 0 Å². The molecule has 12 nitrogen and oxygen atoms in total. The average Bonchev–Trinajstić information content (AvgIpc) is 2.79. The van der Waals surface area contributed by atoms with E-state index < -0.39 is 28.6 Å². The molecule has 0 aliphatic carbocycles. The maximum Gasteiger partial charge on any atom is 2.00 e. The molecule has 0 atom stereocenters. The third-order valence-electron chi connectivity index (χ3n) is 5.45. The van der Waals surface area contributed by atoms with Crippen molar-refractivity contribution in [2.24, 2.45) is 0 Å². The second kappa shape index (κ2) is 44.1. The fraction of sp³-hybridized carbons (Fsp3) is 1.00. The Hall–Kier alpha value is 4.11. The van der Waals surface area contributed by atoms with Crippen LogP contribution in [0.3, 0.4) is 0 Å². The Kier molecular flexibility index (Phi) is 63.9. The van der Waals surface area contributed by atoms with Crippen LogP contribution < -0.4 is 103 Å². The van der Waals surface area contributed by atoms with Crippen molar-refractivity contribution in [3.63, 3.8) is 0 Å². The Balaban J connectivity index is -0.0000000962. The molecule has 0 saturated carbocycles. The Labute approximate surface area is 358 Å². The fourth-order valence-electron chi connectivity index (χ4n) is 3.50. The number of unbranched alkanes of at least 4 members (excludes halogenated alkanes) is 18. The van der Waals surface area contributed by atoms with E-state index in [1.165, 1.54) is 89.9 Å². The van der Waals surface area contributed by atoms with Gasteiger partial charge >= 0.3 is 126 Å². The van der Waals surface area contributed by atoms with Crippen LogP contribution in [0.1, 0.15) is 142 Å². The number of hydrogen-bond acceptors (Lipinski definition) is 12. The maximum absolute atomic E-state index is 10.1. The van der Waals surface area contributed by atoms with Crippen molar-refractivity contribution in [3.05, 3.63) is 0 Å². The Morgan fingerprint density at radius 2 is 0.628 bits per heavy atom. The van der Waals surface area contributed by atoms with Crippen LogP contribution in [-0.4, -0.2) is 76.9 Å². The molecule has 0 aromatic carbocycles. The van der Waals surface area contributed by atoms with Gasteiger partial charge in [-0.3, -0.25) is 8.37 Å². The first kappa shape index (κ1) is 62.3. The minimum absolute atomic E-state index is 0. The predicted octanol–water partition coefficient (Wildman–Crippen LogP) is -5.43. The molecular weight excluding hydrogens is 684 g/mol. The van der Waals surface area contributed by atoms with Gasteiger partial charge in [0.25, 0.3) is 0 Å². The summed E-state index contributed by atoms with van der Waals surface area (Å²) in [6.07, 6.45) is 23.4. The van der Waals surface area contributed by atoms with Gasteiger partial charge in [-0.1, -0.05) is 129 Å². The van der Waals surface area contributed by atoms with Gasteiger partial charge in [-0.05, 0) is 12.8 Å². The first-order valence-electron chi connectivity index (χ1n) is 14.1. The summed E-state index contributed by atoms with van der Waals surface area (Å²) in [5, 5.41) is 0. The second-order valence-electron chi connectivity index (χ2n) is 9.27. The Morgan fingerprint density at radius 3 is 0.791 bits per heavy atom. The smallest absolute Gasteiger partial charge is 0.822 e. The van der Waals surface area contributed by atoms with Crippen LogP contribution in [0.25, 0.3) is 0 Å². The first-order chi connectivity index (χ1) is 18.1. The molecular formula is C24H50CaNa3O12PS2. The van der Waals surface area contributed by atoms with Crippen LogP contribution in [0.2, 0.25) is 0 Å². The van der Waals surface area contributed by atoms with E-state index in [0.717, 1.165) is 25.7 Å². The number of rotatable bonds is 24. The largest absolute Gasteiger partial charge is 2.00 e. The number of phosphoric acid groups is 1. The molecule has 0 saturated heterocycles. The van der Waals surface area contributed by atoms with Crippen LogP contribution in [0.15, 0.2) is 0 Å². The summed E-state index contributed by atoms with van der Waals surface area (Å²) in [6, 6.07) is 0. The molecule has 0 amide bonds. The molecule has 0 fully saturated rings. The molecule has 0 radical (unpaired) electrons. The molecule has 0 aliphatic heterocycles. The van der Waals surface area contributed by atoms with E-state index in [0.29, 0.717) is 12.8 Å². The topological polar surface area (TPSA) is 219 Å². The molecule has 0 N–H and O–H groups in total. The van der Waals surface area contributed by atoms with Crippen molar-refractivity contribution in [1.29, 1.82) is 0 Å². The molecule has 43 heavy (non-hydrogen) atoms. The zero-order valence-corrected chi connectivity index (χ0v) is 38.2. The third-order valence-corrected chi connectivity index (χ3v) is 6.36. The SMILES string of the molecule is CCCCCCCCCCCCOS(=O)(=O)[O-].CCCCCCCCCCCCOS(=O)(=O)[O-].O=P([O-])([O-])[O-].[Ca+2].[Na+].[Na+].[Na+]. The molecule has 0 aliphatic rings. The molecule has 0 spiro atoms. The first-order valence-corrected chi connectivity index (χ1v) is 18.2. The molecule has 0 rings (SSSR count). The predicted molar refractivity (Wildman–Crippen MR) is 148 cm³/mol. The summed E-state index contributed by atoms with van der Waals surface area (Å²) in [4.78, 5) is 25.6. The average molecular weight is 735 g/mol. The van der Waals surface area contributed by atoms with E-state index in [2.05, 4.69) is 22.2 Å². The van der Waals surface area contributed by atoms with Gasteiger partial charge in [0.05, 0.1) is 13.2 Å². The zero-order valence-electron chi connectivity index (χ0n) is 27.4. The molecule has 19 heteroatoms. The number of hydrogen-bond donors (Lipinski definition) is 0. The van der Waals surface area contributed by atoms with Crippen molar-refractivity contribution in [3.8, 4) is 0 Å². The molecule has 0 aromatic rings. The molecule has 0 bridgehead atoms. The van der Waals surface area contributed by atoms with E-state index in [-0.39, 0.29) is 140 Å². The van der Waals surface area contributed by atoms with Crippen LogP contribution in [0.4, 0.5) is 0 Å². The summed E-state index contributed by atoms with van der Waals surface area (Å²) in [5.74, 6) is 0. The normalized spacial score (nSPS) is 10.8. The Bertz CT molecular complexity index is 715. The zero-order chi connectivity index (χ0) is 30.5. The van der Waals surface area contributed by atoms with Gasteiger partial charge < -0.3 is 28.4 Å². The summed E-state index contributed by atoms with van der Waals surface area (Å²) >= 11 is 0. The van der Waals surface area contributed by atoms with Crippen LogP contribution >= 0.6 is 7.82 Å². The standard InChI is InChI=1S/2C12H26O4S.Ca.3Na.H3O4P/c2*1-2-3-4-5-6-7-8-9-10-11-12-16-17(13,14)15;;;;;1-5(2,3)4/h2*2-12H2,1H3,(H,13,14,15);;;;;(H3,1,2,3,4)/q;;+2;3*+1;/p-5. The summed E-state index contributed by atoms with van der Waals surface area (Å²) in [7, 11) is -14.4. The van der Waals surface area contributed by atoms with Gasteiger partial charge in [0, 0.05) is 0 Å². The molecule has 240 valence electrons. The van der Waals surface area contributed by atoms with E-state index in [1.54, 1.807) is 0 Å². The minimum Gasteiger partial charge on any atom is -0.822 e. The van der Waals surface area contributed by atoms with Crippen molar-refractivity contribution in [2.45, 2.75) is 142 Å². The van der Waals surface area contributed by atoms with Crippen LogP contribution in [0.5, 0.6) is 0 Å². The molecule has 0 unspecified atom stereocenters.